The van der Waals surface area contributed by atoms with Crippen molar-refractivity contribution in [1.29, 1.82) is 0 Å². The fourth-order valence-electron chi connectivity index (χ4n) is 3.00. The van der Waals surface area contributed by atoms with Gasteiger partial charge >= 0.3 is 0 Å². The Morgan fingerprint density at radius 1 is 1.28 bits per heavy atom. The van der Waals surface area contributed by atoms with Gasteiger partial charge in [0.25, 0.3) is 0 Å². The summed E-state index contributed by atoms with van der Waals surface area (Å²) in [6.07, 6.45) is 0. The summed E-state index contributed by atoms with van der Waals surface area (Å²) in [5, 5.41) is 3.26. The first kappa shape index (κ1) is 19.6. The molecule has 1 aliphatic rings. The molecule has 140 valence electrons. The van der Waals surface area contributed by atoms with E-state index >= 15 is 0 Å². The molecule has 0 unspecified atom stereocenters. The molecular formula is C18H29N3O3S. The molecule has 7 heteroatoms. The zero-order valence-electron chi connectivity index (χ0n) is 15.8. The summed E-state index contributed by atoms with van der Waals surface area (Å²) >= 11 is 0. The lowest BCUT2D eigenvalue weighted by Crippen LogP contribution is -2.57. The fourth-order valence-corrected chi connectivity index (χ4v) is 4.37. The second-order valence-electron chi connectivity index (χ2n) is 7.15. The molecule has 1 saturated heterocycles. The molecule has 0 aromatic heterocycles. The standard InChI is InChI=1S/C18H29N3O3S/c1-14-10-15(2)12-16(11-14)24-8-6-20-17(19-5)21-7-9-25(22,23)18(3,4)13-21/h10-12H,6-9,13H2,1-5H3,(H,19,20). The van der Waals surface area contributed by atoms with E-state index in [0.717, 1.165) is 5.75 Å². The van der Waals surface area contributed by atoms with Crippen molar-refractivity contribution in [2.45, 2.75) is 32.4 Å². The van der Waals surface area contributed by atoms with E-state index in [4.69, 9.17) is 4.74 Å². The predicted molar refractivity (Wildman–Crippen MR) is 102 cm³/mol. The molecule has 6 nitrogen and oxygen atoms in total. The Labute approximate surface area is 151 Å². The average molecular weight is 368 g/mol. The molecule has 0 amide bonds. The first-order valence-electron chi connectivity index (χ1n) is 8.53. The van der Waals surface area contributed by atoms with Gasteiger partial charge in [-0.3, -0.25) is 4.99 Å². The first-order chi connectivity index (χ1) is 11.6. The number of nitrogens with one attached hydrogen (secondary N) is 1. The third kappa shape index (κ3) is 4.87. The molecule has 2 rings (SSSR count). The van der Waals surface area contributed by atoms with Crippen LogP contribution in [0, 0.1) is 13.8 Å². The van der Waals surface area contributed by atoms with Gasteiger partial charge in [-0.1, -0.05) is 6.07 Å². The summed E-state index contributed by atoms with van der Waals surface area (Å²) < 4.78 is 29.3. The monoisotopic (exact) mass is 367 g/mol. The largest absolute Gasteiger partial charge is 0.492 e. The lowest BCUT2D eigenvalue weighted by atomic mass is 10.1. The van der Waals surface area contributed by atoms with Crippen LogP contribution in [0.4, 0.5) is 0 Å². The summed E-state index contributed by atoms with van der Waals surface area (Å²) in [5.74, 6) is 1.73. The van der Waals surface area contributed by atoms with Gasteiger partial charge in [-0.05, 0) is 51.0 Å². The van der Waals surface area contributed by atoms with E-state index in [9.17, 15) is 8.42 Å². The molecule has 0 atom stereocenters. The van der Waals surface area contributed by atoms with Crippen molar-refractivity contribution in [3.05, 3.63) is 29.3 Å². The molecule has 1 aliphatic heterocycles. The lowest BCUT2D eigenvalue weighted by Gasteiger charge is -2.39. The van der Waals surface area contributed by atoms with E-state index in [-0.39, 0.29) is 5.75 Å². The van der Waals surface area contributed by atoms with E-state index in [0.29, 0.717) is 32.2 Å². The summed E-state index contributed by atoms with van der Waals surface area (Å²) in [6.45, 7) is 9.64. The second kappa shape index (κ2) is 7.64. The van der Waals surface area contributed by atoms with Crippen LogP contribution in [0.25, 0.3) is 0 Å². The number of sulfone groups is 1. The van der Waals surface area contributed by atoms with Crippen molar-refractivity contribution in [1.82, 2.24) is 10.2 Å². The van der Waals surface area contributed by atoms with E-state index in [1.165, 1.54) is 11.1 Å². The lowest BCUT2D eigenvalue weighted by molar-refractivity contribution is 0.312. The van der Waals surface area contributed by atoms with Crippen molar-refractivity contribution >= 4 is 15.8 Å². The normalized spacial score (nSPS) is 19.6. The van der Waals surface area contributed by atoms with Crippen LogP contribution in [0.15, 0.2) is 23.2 Å². The van der Waals surface area contributed by atoms with Crippen molar-refractivity contribution < 1.29 is 13.2 Å². The van der Waals surface area contributed by atoms with Crippen LogP contribution < -0.4 is 10.1 Å². The molecule has 25 heavy (non-hydrogen) atoms. The highest BCUT2D eigenvalue weighted by molar-refractivity contribution is 7.92. The minimum absolute atomic E-state index is 0.153. The van der Waals surface area contributed by atoms with Gasteiger partial charge in [0.15, 0.2) is 15.8 Å². The summed E-state index contributed by atoms with van der Waals surface area (Å²) in [5.41, 5.74) is 2.35. The van der Waals surface area contributed by atoms with Crippen LogP contribution >= 0.6 is 0 Å². The van der Waals surface area contributed by atoms with Crippen molar-refractivity contribution in [3.63, 3.8) is 0 Å². The highest BCUT2D eigenvalue weighted by Crippen LogP contribution is 2.23. The Morgan fingerprint density at radius 2 is 1.92 bits per heavy atom. The maximum atomic E-state index is 12.1. The van der Waals surface area contributed by atoms with Crippen LogP contribution in [-0.2, 0) is 9.84 Å². The van der Waals surface area contributed by atoms with Gasteiger partial charge in [0.05, 0.1) is 17.0 Å². The molecule has 0 aliphatic carbocycles. The van der Waals surface area contributed by atoms with Gasteiger partial charge in [0.2, 0.25) is 0 Å². The molecule has 1 heterocycles. The Kier molecular flexibility index (Phi) is 5.98. The Hall–Kier alpha value is -1.76. The molecule has 0 radical (unpaired) electrons. The van der Waals surface area contributed by atoms with Gasteiger partial charge < -0.3 is 15.0 Å². The Morgan fingerprint density at radius 3 is 2.48 bits per heavy atom. The van der Waals surface area contributed by atoms with E-state index in [2.05, 4.69) is 16.4 Å². The van der Waals surface area contributed by atoms with Gasteiger partial charge in [-0.15, -0.1) is 0 Å². The third-order valence-corrected chi connectivity index (χ3v) is 6.94. The maximum absolute atomic E-state index is 12.1. The Bertz CT molecular complexity index is 722. The summed E-state index contributed by atoms with van der Waals surface area (Å²) in [6, 6.07) is 6.14. The zero-order chi connectivity index (χ0) is 18.7. The topological polar surface area (TPSA) is 71.0 Å². The van der Waals surface area contributed by atoms with Crippen LogP contribution in [0.5, 0.6) is 5.75 Å². The molecule has 1 fully saturated rings. The van der Waals surface area contributed by atoms with Crippen LogP contribution in [-0.4, -0.2) is 63.1 Å². The number of aliphatic imine (C=N–C) groups is 1. The first-order valence-corrected chi connectivity index (χ1v) is 10.2. The highest BCUT2D eigenvalue weighted by atomic mass is 32.2. The average Bonchev–Trinajstić information content (AvgIpc) is 2.49. The van der Waals surface area contributed by atoms with Crippen molar-refractivity contribution in [2.24, 2.45) is 4.99 Å². The van der Waals surface area contributed by atoms with E-state index in [1.807, 2.05) is 30.9 Å². The van der Waals surface area contributed by atoms with Crippen molar-refractivity contribution in [2.75, 3.05) is 39.0 Å². The molecule has 1 N–H and O–H groups in total. The Balaban J connectivity index is 1.87. The molecule has 0 bridgehead atoms. The summed E-state index contributed by atoms with van der Waals surface area (Å²) in [7, 11) is -1.34. The predicted octanol–water partition coefficient (Wildman–Crippen LogP) is 1.77. The quantitative estimate of drug-likeness (QED) is 0.499. The number of hydrogen-bond acceptors (Lipinski definition) is 4. The van der Waals surface area contributed by atoms with Crippen LogP contribution in [0.2, 0.25) is 0 Å². The van der Waals surface area contributed by atoms with Crippen LogP contribution in [0.1, 0.15) is 25.0 Å². The number of nitrogens with zero attached hydrogens (tertiary/aromatic N) is 2. The van der Waals surface area contributed by atoms with Gasteiger partial charge in [0, 0.05) is 20.1 Å². The van der Waals surface area contributed by atoms with Crippen LogP contribution in [0.3, 0.4) is 0 Å². The number of rotatable bonds is 4. The number of benzene rings is 1. The van der Waals surface area contributed by atoms with Gasteiger partial charge in [0.1, 0.15) is 12.4 Å². The zero-order valence-corrected chi connectivity index (χ0v) is 16.6. The van der Waals surface area contributed by atoms with Gasteiger partial charge in [-0.25, -0.2) is 8.42 Å². The third-order valence-electron chi connectivity index (χ3n) is 4.40. The SMILES string of the molecule is CN=C(NCCOc1cc(C)cc(C)c1)N1CCS(=O)(=O)C(C)(C)C1. The fraction of sp³-hybridized carbons (Fsp3) is 0.611. The van der Waals surface area contributed by atoms with E-state index in [1.54, 1.807) is 20.9 Å². The number of ether oxygens (including phenoxy) is 1. The minimum Gasteiger partial charge on any atom is -0.492 e. The molecule has 0 spiro atoms. The second-order valence-corrected chi connectivity index (χ2v) is 9.89. The highest BCUT2D eigenvalue weighted by Gasteiger charge is 2.40. The number of aryl methyl sites for hydroxylation is 2. The minimum atomic E-state index is -3.05. The molecule has 1 aromatic carbocycles. The molecule has 1 aromatic rings. The maximum Gasteiger partial charge on any atom is 0.193 e. The van der Waals surface area contributed by atoms with Crippen molar-refractivity contribution in [3.8, 4) is 5.75 Å². The molecule has 0 saturated carbocycles. The molecular weight excluding hydrogens is 338 g/mol. The number of hydrogen-bond donors (Lipinski definition) is 1. The summed E-state index contributed by atoms with van der Waals surface area (Å²) in [4.78, 5) is 6.28. The van der Waals surface area contributed by atoms with E-state index < -0.39 is 14.6 Å². The number of guanidine groups is 1. The van der Waals surface area contributed by atoms with Gasteiger partial charge in [-0.2, -0.15) is 0 Å². The smallest absolute Gasteiger partial charge is 0.193 e.